The maximum atomic E-state index is 12.3. The van der Waals surface area contributed by atoms with Crippen molar-refractivity contribution in [1.29, 1.82) is 0 Å². The summed E-state index contributed by atoms with van der Waals surface area (Å²) >= 11 is 0. The van der Waals surface area contributed by atoms with Crippen LogP contribution in [0.25, 0.3) is 0 Å². The summed E-state index contributed by atoms with van der Waals surface area (Å²) in [6, 6.07) is 13.6. The third kappa shape index (κ3) is 8.75. The summed E-state index contributed by atoms with van der Waals surface area (Å²) < 4.78 is 9.86. The van der Waals surface area contributed by atoms with Crippen molar-refractivity contribution >= 4 is 29.1 Å². The molecule has 9 heteroatoms. The summed E-state index contributed by atoms with van der Waals surface area (Å²) in [6.45, 7) is 2.00. The number of amides is 3. The highest BCUT2D eigenvalue weighted by Gasteiger charge is 2.08. The lowest BCUT2D eigenvalue weighted by Gasteiger charge is -2.10. The smallest absolute Gasteiger partial charge is 0.251 e. The van der Waals surface area contributed by atoms with E-state index in [-0.39, 0.29) is 24.3 Å². The first-order valence-corrected chi connectivity index (χ1v) is 10.3. The van der Waals surface area contributed by atoms with Crippen molar-refractivity contribution in [2.75, 3.05) is 57.7 Å². The number of carbonyl (C=O) groups excluding carboxylic acids is 3. The van der Waals surface area contributed by atoms with Crippen LogP contribution >= 0.6 is 0 Å². The van der Waals surface area contributed by atoms with Gasteiger partial charge in [0.2, 0.25) is 5.91 Å². The van der Waals surface area contributed by atoms with Crippen LogP contribution in [0.15, 0.2) is 48.5 Å². The van der Waals surface area contributed by atoms with Gasteiger partial charge in [0.15, 0.2) is 0 Å². The molecule has 2 rings (SSSR count). The molecular formula is C23H30N4O5. The molecule has 2 aromatic carbocycles. The molecule has 0 fully saturated rings. The van der Waals surface area contributed by atoms with Crippen LogP contribution in [-0.4, -0.2) is 64.8 Å². The largest absolute Gasteiger partial charge is 0.385 e. The average molecular weight is 443 g/mol. The maximum Gasteiger partial charge on any atom is 0.251 e. The van der Waals surface area contributed by atoms with Gasteiger partial charge in [-0.2, -0.15) is 0 Å². The summed E-state index contributed by atoms with van der Waals surface area (Å²) in [4.78, 5) is 36.4. The highest BCUT2D eigenvalue weighted by atomic mass is 16.5. The van der Waals surface area contributed by atoms with Gasteiger partial charge in [-0.15, -0.1) is 0 Å². The van der Waals surface area contributed by atoms with Crippen molar-refractivity contribution in [3.05, 3.63) is 59.7 Å². The van der Waals surface area contributed by atoms with Crippen molar-refractivity contribution in [1.82, 2.24) is 10.6 Å². The summed E-state index contributed by atoms with van der Waals surface area (Å²) in [5, 5.41) is 11.3. The van der Waals surface area contributed by atoms with Crippen molar-refractivity contribution in [2.24, 2.45) is 0 Å². The molecule has 3 amide bonds. The van der Waals surface area contributed by atoms with Crippen molar-refractivity contribution in [3.8, 4) is 0 Å². The van der Waals surface area contributed by atoms with Gasteiger partial charge in [0.25, 0.3) is 11.8 Å². The molecule has 172 valence electrons. The summed E-state index contributed by atoms with van der Waals surface area (Å²) in [7, 11) is 3.18. The summed E-state index contributed by atoms with van der Waals surface area (Å²) in [5.74, 6) is -0.655. The van der Waals surface area contributed by atoms with Gasteiger partial charge < -0.3 is 30.7 Å². The second-order valence-electron chi connectivity index (χ2n) is 6.91. The molecule has 0 radical (unpaired) electrons. The predicted molar refractivity (Wildman–Crippen MR) is 123 cm³/mol. The highest BCUT2D eigenvalue weighted by molar-refractivity contribution is 5.98. The minimum atomic E-state index is -0.262. The minimum absolute atomic E-state index is 0.0345. The van der Waals surface area contributed by atoms with Gasteiger partial charge in [-0.25, -0.2) is 0 Å². The van der Waals surface area contributed by atoms with Crippen LogP contribution in [0, 0.1) is 0 Å². The van der Waals surface area contributed by atoms with E-state index in [0.717, 1.165) is 6.42 Å². The van der Waals surface area contributed by atoms with E-state index in [2.05, 4.69) is 21.3 Å². The molecule has 0 saturated heterocycles. The fourth-order valence-corrected chi connectivity index (χ4v) is 2.75. The number of benzene rings is 2. The van der Waals surface area contributed by atoms with Crippen LogP contribution in [0.2, 0.25) is 0 Å². The first kappa shape index (κ1) is 24.8. The normalized spacial score (nSPS) is 10.3. The Morgan fingerprint density at radius 1 is 0.781 bits per heavy atom. The second-order valence-corrected chi connectivity index (χ2v) is 6.91. The Morgan fingerprint density at radius 2 is 1.47 bits per heavy atom. The molecule has 0 bridgehead atoms. The quantitative estimate of drug-likeness (QED) is 0.352. The molecule has 0 heterocycles. The number of carbonyl (C=O) groups is 3. The molecule has 0 atom stereocenters. The van der Waals surface area contributed by atoms with Crippen LogP contribution in [0.4, 0.5) is 11.4 Å². The van der Waals surface area contributed by atoms with Gasteiger partial charge in [-0.05, 0) is 48.9 Å². The lowest BCUT2D eigenvalue weighted by atomic mass is 10.2. The van der Waals surface area contributed by atoms with E-state index in [1.54, 1.807) is 62.8 Å². The fourth-order valence-electron chi connectivity index (χ4n) is 2.75. The van der Waals surface area contributed by atoms with E-state index in [0.29, 0.717) is 48.8 Å². The number of hydrogen-bond acceptors (Lipinski definition) is 6. The van der Waals surface area contributed by atoms with Crippen LogP contribution in [0.3, 0.4) is 0 Å². The van der Waals surface area contributed by atoms with E-state index in [1.807, 2.05) is 0 Å². The molecule has 9 nitrogen and oxygen atoms in total. The third-order valence-electron chi connectivity index (χ3n) is 4.41. The number of nitrogens with one attached hydrogen (secondary N) is 4. The van der Waals surface area contributed by atoms with Crippen LogP contribution in [-0.2, 0) is 14.3 Å². The highest BCUT2D eigenvalue weighted by Crippen LogP contribution is 2.12. The van der Waals surface area contributed by atoms with Crippen LogP contribution < -0.4 is 21.3 Å². The first-order valence-electron chi connectivity index (χ1n) is 10.3. The minimum Gasteiger partial charge on any atom is -0.385 e. The molecule has 0 unspecified atom stereocenters. The standard InChI is InChI=1S/C23H30N4O5/c1-31-13-4-11-24-22(29)17-7-9-19(10-8-17)26-16-21(28)27-20-6-3-5-18(15-20)23(30)25-12-14-32-2/h3,5-10,15,26H,4,11-14,16H2,1-2H3,(H,24,29)(H,25,30)(H,27,28). The third-order valence-corrected chi connectivity index (χ3v) is 4.41. The molecule has 0 aliphatic rings. The van der Waals surface area contributed by atoms with Gasteiger partial charge >= 0.3 is 0 Å². The fraction of sp³-hybridized carbons (Fsp3) is 0.348. The Hall–Kier alpha value is -3.43. The van der Waals surface area contributed by atoms with E-state index >= 15 is 0 Å². The van der Waals surface area contributed by atoms with Crippen molar-refractivity contribution < 1.29 is 23.9 Å². The number of anilines is 2. The van der Waals surface area contributed by atoms with Gasteiger partial charge in [-0.3, -0.25) is 14.4 Å². The Kier molecular flexibility index (Phi) is 10.7. The van der Waals surface area contributed by atoms with Gasteiger partial charge in [0.05, 0.1) is 13.2 Å². The van der Waals surface area contributed by atoms with Crippen molar-refractivity contribution in [2.45, 2.75) is 6.42 Å². The van der Waals surface area contributed by atoms with E-state index < -0.39 is 0 Å². The topological polar surface area (TPSA) is 118 Å². The zero-order valence-corrected chi connectivity index (χ0v) is 18.4. The Labute approximate surface area is 187 Å². The molecule has 32 heavy (non-hydrogen) atoms. The molecular weight excluding hydrogens is 412 g/mol. The van der Waals surface area contributed by atoms with Crippen LogP contribution in [0.1, 0.15) is 27.1 Å². The van der Waals surface area contributed by atoms with Gasteiger partial charge in [0, 0.05) is 56.4 Å². The Balaban J connectivity index is 1.80. The molecule has 0 spiro atoms. The molecule has 0 aliphatic heterocycles. The molecule has 2 aromatic rings. The summed E-state index contributed by atoms with van der Waals surface area (Å²) in [5.41, 5.74) is 2.22. The van der Waals surface area contributed by atoms with E-state index in [4.69, 9.17) is 9.47 Å². The zero-order valence-electron chi connectivity index (χ0n) is 18.4. The SMILES string of the molecule is COCCCNC(=O)c1ccc(NCC(=O)Nc2cccc(C(=O)NCCOC)c2)cc1. The van der Waals surface area contributed by atoms with Crippen molar-refractivity contribution in [3.63, 3.8) is 0 Å². The monoisotopic (exact) mass is 442 g/mol. The first-order chi connectivity index (χ1) is 15.5. The molecule has 4 N–H and O–H groups in total. The Morgan fingerprint density at radius 3 is 2.19 bits per heavy atom. The average Bonchev–Trinajstić information content (AvgIpc) is 2.81. The number of ether oxygens (including phenoxy) is 2. The molecule has 0 aromatic heterocycles. The zero-order chi connectivity index (χ0) is 23.2. The maximum absolute atomic E-state index is 12.3. The number of methoxy groups -OCH3 is 2. The van der Waals surface area contributed by atoms with E-state index in [1.165, 1.54) is 0 Å². The number of rotatable bonds is 13. The molecule has 0 saturated carbocycles. The second kappa shape index (κ2) is 13.8. The Bertz CT molecular complexity index is 886. The predicted octanol–water partition coefficient (Wildman–Crippen LogP) is 1.88. The molecule has 0 aliphatic carbocycles. The number of hydrogen-bond donors (Lipinski definition) is 4. The van der Waals surface area contributed by atoms with Gasteiger partial charge in [0.1, 0.15) is 0 Å². The lowest BCUT2D eigenvalue weighted by Crippen LogP contribution is -2.27. The van der Waals surface area contributed by atoms with E-state index in [9.17, 15) is 14.4 Å². The lowest BCUT2D eigenvalue weighted by molar-refractivity contribution is -0.114. The van der Waals surface area contributed by atoms with Gasteiger partial charge in [-0.1, -0.05) is 6.07 Å². The summed E-state index contributed by atoms with van der Waals surface area (Å²) in [6.07, 6.45) is 0.748. The van der Waals surface area contributed by atoms with Crippen LogP contribution in [0.5, 0.6) is 0 Å².